The van der Waals surface area contributed by atoms with Gasteiger partial charge in [-0.3, -0.25) is 0 Å². The summed E-state index contributed by atoms with van der Waals surface area (Å²) in [7, 11) is 3.44. The summed E-state index contributed by atoms with van der Waals surface area (Å²) in [6.45, 7) is 1.07. The second-order valence-corrected chi connectivity index (χ2v) is 7.55. The van der Waals surface area contributed by atoms with Crippen LogP contribution in [-0.4, -0.2) is 39.6 Å². The van der Waals surface area contributed by atoms with Crippen LogP contribution in [0.15, 0.2) is 57.5 Å². The third-order valence-corrected chi connectivity index (χ3v) is 5.63. The molecule has 0 radical (unpaired) electrons. The largest absolute Gasteiger partial charge is 0.379 e. The summed E-state index contributed by atoms with van der Waals surface area (Å²) in [6, 6.07) is 16.4. The monoisotopic (exact) mass is 470 g/mol. The Kier molecular flexibility index (Phi) is 9.13. The number of hydrogen-bond donors (Lipinski definition) is 0. The molecule has 5 heteroatoms. The van der Waals surface area contributed by atoms with Crippen LogP contribution in [0.2, 0.25) is 0 Å². The SMILES string of the molecule is COC(COCC(Cc1ccccc1Br)OC)Cc1ccccc1Br. The van der Waals surface area contributed by atoms with Crippen molar-refractivity contribution in [3.63, 3.8) is 0 Å². The molecule has 0 N–H and O–H groups in total. The van der Waals surface area contributed by atoms with E-state index in [9.17, 15) is 0 Å². The molecule has 2 aromatic rings. The van der Waals surface area contributed by atoms with Gasteiger partial charge in [0, 0.05) is 36.0 Å². The number of methoxy groups -OCH3 is 2. The van der Waals surface area contributed by atoms with Crippen LogP contribution in [0, 0.1) is 0 Å². The number of benzene rings is 2. The third kappa shape index (κ3) is 6.83. The molecule has 2 rings (SSSR count). The predicted molar refractivity (Wildman–Crippen MR) is 108 cm³/mol. The van der Waals surface area contributed by atoms with E-state index in [1.165, 1.54) is 11.1 Å². The Morgan fingerprint density at radius 2 is 1.12 bits per heavy atom. The lowest BCUT2D eigenvalue weighted by atomic mass is 10.1. The summed E-state index contributed by atoms with van der Waals surface area (Å²) in [4.78, 5) is 0. The van der Waals surface area contributed by atoms with Gasteiger partial charge < -0.3 is 14.2 Å². The molecule has 2 aromatic carbocycles. The van der Waals surface area contributed by atoms with E-state index in [2.05, 4.69) is 44.0 Å². The van der Waals surface area contributed by atoms with Crippen LogP contribution in [0.1, 0.15) is 11.1 Å². The standard InChI is InChI=1S/C20H24Br2O3/c1-23-17(11-15-7-3-5-9-19(15)21)13-25-14-18(24-2)12-16-8-4-6-10-20(16)22/h3-10,17-18H,11-14H2,1-2H3. The number of hydrogen-bond acceptors (Lipinski definition) is 3. The van der Waals surface area contributed by atoms with Crippen LogP contribution in [0.3, 0.4) is 0 Å². The summed E-state index contributed by atoms with van der Waals surface area (Å²) in [6.07, 6.45) is 1.64. The molecule has 0 fully saturated rings. The fraction of sp³-hybridized carbons (Fsp3) is 0.400. The second kappa shape index (κ2) is 11.1. The zero-order valence-electron chi connectivity index (χ0n) is 14.6. The van der Waals surface area contributed by atoms with Gasteiger partial charge in [-0.2, -0.15) is 0 Å². The smallest absolute Gasteiger partial charge is 0.0845 e. The first-order valence-corrected chi connectivity index (χ1v) is 9.82. The van der Waals surface area contributed by atoms with E-state index in [0.29, 0.717) is 13.2 Å². The van der Waals surface area contributed by atoms with E-state index in [0.717, 1.165) is 21.8 Å². The van der Waals surface area contributed by atoms with Crippen molar-refractivity contribution >= 4 is 31.9 Å². The maximum Gasteiger partial charge on any atom is 0.0845 e. The minimum Gasteiger partial charge on any atom is -0.379 e. The molecule has 0 aliphatic rings. The third-order valence-electron chi connectivity index (χ3n) is 4.08. The first-order valence-electron chi connectivity index (χ1n) is 8.24. The maximum absolute atomic E-state index is 5.88. The zero-order valence-corrected chi connectivity index (χ0v) is 17.8. The second-order valence-electron chi connectivity index (χ2n) is 5.84. The molecule has 0 spiro atoms. The Balaban J connectivity index is 1.82. The Morgan fingerprint density at radius 3 is 1.48 bits per heavy atom. The van der Waals surface area contributed by atoms with E-state index in [4.69, 9.17) is 14.2 Å². The highest BCUT2D eigenvalue weighted by Gasteiger charge is 2.14. The number of rotatable bonds is 10. The van der Waals surface area contributed by atoms with Crippen molar-refractivity contribution in [3.8, 4) is 0 Å². The van der Waals surface area contributed by atoms with Crippen molar-refractivity contribution in [1.29, 1.82) is 0 Å². The molecule has 0 bridgehead atoms. The van der Waals surface area contributed by atoms with E-state index in [1.54, 1.807) is 14.2 Å². The predicted octanol–water partition coefficient (Wildman–Crippen LogP) is 5.04. The summed E-state index contributed by atoms with van der Waals surface area (Å²) in [5.74, 6) is 0. The van der Waals surface area contributed by atoms with Crippen LogP contribution >= 0.6 is 31.9 Å². The van der Waals surface area contributed by atoms with Crippen LogP contribution in [0.4, 0.5) is 0 Å². The minimum absolute atomic E-state index is 0.0136. The molecule has 2 unspecified atom stereocenters. The Labute approximate surface area is 166 Å². The fourth-order valence-corrected chi connectivity index (χ4v) is 3.46. The van der Waals surface area contributed by atoms with E-state index >= 15 is 0 Å². The van der Waals surface area contributed by atoms with Crippen LogP contribution < -0.4 is 0 Å². The fourth-order valence-electron chi connectivity index (χ4n) is 2.57. The minimum atomic E-state index is 0.0136. The molecular weight excluding hydrogens is 448 g/mol. The van der Waals surface area contributed by atoms with Gasteiger partial charge in [0.1, 0.15) is 0 Å². The molecule has 0 aliphatic heterocycles. The Hall–Kier alpha value is -0.720. The summed E-state index contributed by atoms with van der Waals surface area (Å²) in [5, 5.41) is 0. The van der Waals surface area contributed by atoms with Crippen molar-refractivity contribution < 1.29 is 14.2 Å². The van der Waals surface area contributed by atoms with Gasteiger partial charge in [0.15, 0.2) is 0 Å². The molecule has 25 heavy (non-hydrogen) atoms. The van der Waals surface area contributed by atoms with Gasteiger partial charge in [0.25, 0.3) is 0 Å². The first-order chi connectivity index (χ1) is 12.1. The normalized spacial score (nSPS) is 13.6. The molecule has 2 atom stereocenters. The molecule has 0 aromatic heterocycles. The topological polar surface area (TPSA) is 27.7 Å². The van der Waals surface area contributed by atoms with Crippen LogP contribution in [-0.2, 0) is 27.1 Å². The van der Waals surface area contributed by atoms with Gasteiger partial charge in [-0.05, 0) is 23.3 Å². The van der Waals surface area contributed by atoms with Gasteiger partial charge in [0.05, 0.1) is 25.4 Å². The average molecular weight is 472 g/mol. The quantitative estimate of drug-likeness (QED) is 0.485. The van der Waals surface area contributed by atoms with Crippen molar-refractivity contribution in [1.82, 2.24) is 0 Å². The van der Waals surface area contributed by atoms with Crippen molar-refractivity contribution in [2.75, 3.05) is 27.4 Å². The molecule has 3 nitrogen and oxygen atoms in total. The Morgan fingerprint density at radius 1 is 0.720 bits per heavy atom. The molecule has 0 amide bonds. The van der Waals surface area contributed by atoms with Gasteiger partial charge in [-0.25, -0.2) is 0 Å². The molecule has 0 saturated carbocycles. The van der Waals surface area contributed by atoms with Crippen LogP contribution in [0.5, 0.6) is 0 Å². The number of halogens is 2. The first kappa shape index (κ1) is 20.6. The summed E-state index contributed by atoms with van der Waals surface area (Å²) >= 11 is 7.16. The highest BCUT2D eigenvalue weighted by molar-refractivity contribution is 9.10. The molecule has 136 valence electrons. The highest BCUT2D eigenvalue weighted by atomic mass is 79.9. The van der Waals surface area contributed by atoms with E-state index in [-0.39, 0.29) is 12.2 Å². The number of ether oxygens (including phenoxy) is 3. The summed E-state index contributed by atoms with van der Waals surface area (Å²) < 4.78 is 19.2. The molecule has 0 saturated heterocycles. The van der Waals surface area contributed by atoms with Gasteiger partial charge >= 0.3 is 0 Å². The molecular formula is C20H24Br2O3. The zero-order chi connectivity index (χ0) is 18.1. The molecule has 0 heterocycles. The highest BCUT2D eigenvalue weighted by Crippen LogP contribution is 2.20. The van der Waals surface area contributed by atoms with E-state index < -0.39 is 0 Å². The van der Waals surface area contributed by atoms with Crippen molar-refractivity contribution in [2.24, 2.45) is 0 Å². The lowest BCUT2D eigenvalue weighted by Gasteiger charge is -2.20. The van der Waals surface area contributed by atoms with Gasteiger partial charge in [0.2, 0.25) is 0 Å². The lowest BCUT2D eigenvalue weighted by molar-refractivity contribution is -0.0341. The molecule has 0 aliphatic carbocycles. The summed E-state index contributed by atoms with van der Waals surface area (Å²) in [5.41, 5.74) is 2.43. The maximum atomic E-state index is 5.88. The van der Waals surface area contributed by atoms with Crippen LogP contribution in [0.25, 0.3) is 0 Å². The lowest BCUT2D eigenvalue weighted by Crippen LogP contribution is -2.27. The van der Waals surface area contributed by atoms with E-state index in [1.807, 2.05) is 36.4 Å². The van der Waals surface area contributed by atoms with Gasteiger partial charge in [-0.1, -0.05) is 68.3 Å². The Bertz CT molecular complexity index is 593. The van der Waals surface area contributed by atoms with Crippen molar-refractivity contribution in [3.05, 3.63) is 68.6 Å². The average Bonchev–Trinajstić information content (AvgIpc) is 2.63. The van der Waals surface area contributed by atoms with Gasteiger partial charge in [-0.15, -0.1) is 0 Å². The van der Waals surface area contributed by atoms with Crippen molar-refractivity contribution in [2.45, 2.75) is 25.0 Å².